The fourth-order valence-electron chi connectivity index (χ4n) is 1.58. The van der Waals surface area contributed by atoms with Crippen LogP contribution in [0.3, 0.4) is 0 Å². The normalized spacial score (nSPS) is 9.78. The SMILES string of the molecule is N#Cc1ccc(N)c(NCc2ccc(Br)cc2)c1. The average Bonchev–Trinajstić information content (AvgIpc) is 2.40. The highest BCUT2D eigenvalue weighted by atomic mass is 79.9. The number of hydrogen-bond donors (Lipinski definition) is 2. The van der Waals surface area contributed by atoms with Crippen LogP contribution in [0.15, 0.2) is 46.9 Å². The highest BCUT2D eigenvalue weighted by Gasteiger charge is 2.01. The Bertz CT molecular complexity index is 585. The number of anilines is 2. The third-order valence-electron chi connectivity index (χ3n) is 2.58. The van der Waals surface area contributed by atoms with Gasteiger partial charge in [-0.15, -0.1) is 0 Å². The molecule has 0 aliphatic rings. The van der Waals surface area contributed by atoms with Crippen LogP contribution in [0.1, 0.15) is 11.1 Å². The summed E-state index contributed by atoms with van der Waals surface area (Å²) in [7, 11) is 0. The third kappa shape index (κ3) is 3.02. The van der Waals surface area contributed by atoms with E-state index in [1.807, 2.05) is 24.3 Å². The van der Waals surface area contributed by atoms with Crippen molar-refractivity contribution in [3.8, 4) is 6.07 Å². The first kappa shape index (κ1) is 12.5. The first-order chi connectivity index (χ1) is 8.69. The number of nitriles is 1. The standard InChI is InChI=1S/C14H12BrN3/c15-12-4-1-10(2-5-12)9-18-14-7-11(8-16)3-6-13(14)17/h1-7,18H,9,17H2. The lowest BCUT2D eigenvalue weighted by Crippen LogP contribution is -2.02. The third-order valence-corrected chi connectivity index (χ3v) is 3.11. The van der Waals surface area contributed by atoms with Gasteiger partial charge < -0.3 is 11.1 Å². The van der Waals surface area contributed by atoms with Crippen molar-refractivity contribution in [1.82, 2.24) is 0 Å². The summed E-state index contributed by atoms with van der Waals surface area (Å²) in [5, 5.41) is 12.1. The summed E-state index contributed by atoms with van der Waals surface area (Å²) in [4.78, 5) is 0. The van der Waals surface area contributed by atoms with Gasteiger partial charge in [-0.1, -0.05) is 28.1 Å². The summed E-state index contributed by atoms with van der Waals surface area (Å²) < 4.78 is 1.05. The summed E-state index contributed by atoms with van der Waals surface area (Å²) in [5.74, 6) is 0. The largest absolute Gasteiger partial charge is 0.397 e. The number of hydrogen-bond acceptors (Lipinski definition) is 3. The summed E-state index contributed by atoms with van der Waals surface area (Å²) >= 11 is 3.40. The molecule has 0 aromatic heterocycles. The fraction of sp³-hybridized carbons (Fsp3) is 0.0714. The van der Waals surface area contributed by atoms with Crippen molar-refractivity contribution in [1.29, 1.82) is 5.26 Å². The predicted octanol–water partition coefficient (Wildman–Crippen LogP) is 3.52. The molecule has 0 spiro atoms. The van der Waals surface area contributed by atoms with E-state index in [9.17, 15) is 0 Å². The minimum Gasteiger partial charge on any atom is -0.397 e. The molecular weight excluding hydrogens is 290 g/mol. The molecule has 0 bridgehead atoms. The zero-order valence-corrected chi connectivity index (χ0v) is 11.2. The zero-order chi connectivity index (χ0) is 13.0. The van der Waals surface area contributed by atoms with Gasteiger partial charge in [0.25, 0.3) is 0 Å². The van der Waals surface area contributed by atoms with Crippen molar-refractivity contribution in [3.05, 3.63) is 58.1 Å². The van der Waals surface area contributed by atoms with Crippen molar-refractivity contribution in [3.63, 3.8) is 0 Å². The Morgan fingerprint density at radius 2 is 1.89 bits per heavy atom. The lowest BCUT2D eigenvalue weighted by atomic mass is 10.1. The molecule has 0 heterocycles. The van der Waals surface area contributed by atoms with Crippen molar-refractivity contribution in [2.45, 2.75) is 6.54 Å². The first-order valence-corrected chi connectivity index (χ1v) is 6.26. The predicted molar refractivity (Wildman–Crippen MR) is 77.0 cm³/mol. The minimum atomic E-state index is 0.600. The molecule has 90 valence electrons. The fourth-order valence-corrected chi connectivity index (χ4v) is 1.84. The van der Waals surface area contributed by atoms with E-state index in [-0.39, 0.29) is 0 Å². The van der Waals surface area contributed by atoms with Crippen molar-refractivity contribution in [2.24, 2.45) is 0 Å². The molecule has 2 aromatic carbocycles. The van der Waals surface area contributed by atoms with E-state index < -0.39 is 0 Å². The van der Waals surface area contributed by atoms with Crippen LogP contribution >= 0.6 is 15.9 Å². The summed E-state index contributed by atoms with van der Waals surface area (Å²) in [6.45, 7) is 0.673. The van der Waals surface area contributed by atoms with Crippen LogP contribution in [0.4, 0.5) is 11.4 Å². The summed E-state index contributed by atoms with van der Waals surface area (Å²) in [5.41, 5.74) is 9.04. The second-order valence-corrected chi connectivity index (χ2v) is 4.81. The maximum Gasteiger partial charge on any atom is 0.0992 e. The molecule has 0 fully saturated rings. The number of nitrogens with two attached hydrogens (primary N) is 1. The molecule has 0 saturated heterocycles. The van der Waals surface area contributed by atoms with E-state index in [0.717, 1.165) is 15.7 Å². The van der Waals surface area contributed by atoms with Crippen LogP contribution in [0.2, 0.25) is 0 Å². The zero-order valence-electron chi connectivity index (χ0n) is 9.65. The smallest absolute Gasteiger partial charge is 0.0992 e. The number of rotatable bonds is 3. The summed E-state index contributed by atoms with van der Waals surface area (Å²) in [6, 6.07) is 15.3. The average molecular weight is 302 g/mol. The molecule has 2 aromatic rings. The minimum absolute atomic E-state index is 0.600. The number of halogens is 1. The number of nitrogens with one attached hydrogen (secondary N) is 1. The molecule has 0 saturated carbocycles. The lowest BCUT2D eigenvalue weighted by Gasteiger charge is -2.09. The summed E-state index contributed by atoms with van der Waals surface area (Å²) in [6.07, 6.45) is 0. The van der Waals surface area contributed by atoms with Crippen LogP contribution in [0.25, 0.3) is 0 Å². The van der Waals surface area contributed by atoms with Gasteiger partial charge in [-0.3, -0.25) is 0 Å². The molecule has 3 N–H and O–H groups in total. The van der Waals surface area contributed by atoms with E-state index in [2.05, 4.69) is 27.3 Å². The topological polar surface area (TPSA) is 61.8 Å². The van der Waals surface area contributed by atoms with Crippen molar-refractivity contribution in [2.75, 3.05) is 11.1 Å². The van der Waals surface area contributed by atoms with Crippen LogP contribution < -0.4 is 11.1 Å². The molecule has 0 unspecified atom stereocenters. The maximum atomic E-state index is 8.84. The van der Waals surface area contributed by atoms with E-state index >= 15 is 0 Å². The molecule has 2 rings (SSSR count). The van der Waals surface area contributed by atoms with Gasteiger partial charge in [-0.25, -0.2) is 0 Å². The number of nitrogen functional groups attached to an aromatic ring is 1. The van der Waals surface area contributed by atoms with Gasteiger partial charge in [0.05, 0.1) is 23.0 Å². The van der Waals surface area contributed by atoms with Gasteiger partial charge >= 0.3 is 0 Å². The van der Waals surface area contributed by atoms with Gasteiger partial charge in [0.15, 0.2) is 0 Å². The quantitative estimate of drug-likeness (QED) is 0.853. The highest BCUT2D eigenvalue weighted by Crippen LogP contribution is 2.20. The van der Waals surface area contributed by atoms with Gasteiger partial charge in [0.2, 0.25) is 0 Å². The number of nitrogens with zero attached hydrogens (tertiary/aromatic N) is 1. The van der Waals surface area contributed by atoms with Gasteiger partial charge in [-0.05, 0) is 35.9 Å². The Hall–Kier alpha value is -1.99. The van der Waals surface area contributed by atoms with Crippen LogP contribution in [-0.2, 0) is 6.54 Å². The van der Waals surface area contributed by atoms with Crippen molar-refractivity contribution < 1.29 is 0 Å². The van der Waals surface area contributed by atoms with Crippen LogP contribution in [-0.4, -0.2) is 0 Å². The van der Waals surface area contributed by atoms with Crippen LogP contribution in [0.5, 0.6) is 0 Å². The second-order valence-electron chi connectivity index (χ2n) is 3.89. The number of benzene rings is 2. The molecule has 0 amide bonds. The monoisotopic (exact) mass is 301 g/mol. The Labute approximate surface area is 114 Å². The maximum absolute atomic E-state index is 8.84. The van der Waals surface area contributed by atoms with Gasteiger partial charge in [0.1, 0.15) is 0 Å². The van der Waals surface area contributed by atoms with E-state index in [4.69, 9.17) is 11.0 Å². The van der Waals surface area contributed by atoms with E-state index in [1.165, 1.54) is 0 Å². The molecule has 4 heteroatoms. The van der Waals surface area contributed by atoms with Crippen molar-refractivity contribution >= 4 is 27.3 Å². The Balaban J connectivity index is 2.10. The lowest BCUT2D eigenvalue weighted by molar-refractivity contribution is 1.15. The Morgan fingerprint density at radius 1 is 1.17 bits per heavy atom. The molecule has 0 atom stereocenters. The van der Waals surface area contributed by atoms with Gasteiger partial charge in [-0.2, -0.15) is 5.26 Å². The Morgan fingerprint density at radius 3 is 2.56 bits per heavy atom. The van der Waals surface area contributed by atoms with Crippen LogP contribution in [0, 0.1) is 11.3 Å². The molecule has 18 heavy (non-hydrogen) atoms. The Kier molecular flexibility index (Phi) is 3.85. The molecule has 0 aliphatic carbocycles. The second kappa shape index (κ2) is 5.56. The molecular formula is C14H12BrN3. The highest BCUT2D eigenvalue weighted by molar-refractivity contribution is 9.10. The molecule has 0 aliphatic heterocycles. The first-order valence-electron chi connectivity index (χ1n) is 5.47. The van der Waals surface area contributed by atoms with E-state index in [1.54, 1.807) is 18.2 Å². The van der Waals surface area contributed by atoms with Gasteiger partial charge in [0, 0.05) is 11.0 Å². The molecule has 3 nitrogen and oxygen atoms in total. The molecule has 0 radical (unpaired) electrons. The van der Waals surface area contributed by atoms with E-state index in [0.29, 0.717) is 17.8 Å².